The number of hydrogen-bond donors (Lipinski definition) is 2. The molecule has 2 rings (SSSR count). The highest BCUT2D eigenvalue weighted by atomic mass is 79.9. The highest BCUT2D eigenvalue weighted by Crippen LogP contribution is 2.20. The van der Waals surface area contributed by atoms with Crippen LogP contribution in [0.4, 0.5) is 4.39 Å². The summed E-state index contributed by atoms with van der Waals surface area (Å²) in [5.74, 6) is -2.21. The van der Waals surface area contributed by atoms with Crippen LogP contribution in [0.25, 0.3) is 6.08 Å². The summed E-state index contributed by atoms with van der Waals surface area (Å²) in [6.07, 6.45) is 4.01. The molecule has 1 unspecified atom stereocenters. The van der Waals surface area contributed by atoms with E-state index in [2.05, 4.69) is 21.2 Å². The third-order valence-corrected chi connectivity index (χ3v) is 4.88. The fourth-order valence-corrected chi connectivity index (χ4v) is 3.04. The van der Waals surface area contributed by atoms with E-state index in [1.807, 2.05) is 0 Å². The van der Waals surface area contributed by atoms with E-state index >= 15 is 0 Å². The molecule has 6 nitrogen and oxygen atoms in total. The zero-order chi connectivity index (χ0) is 19.3. The molecule has 0 saturated carbocycles. The van der Waals surface area contributed by atoms with Crippen LogP contribution in [0.5, 0.6) is 0 Å². The molecule has 0 radical (unpaired) electrons. The third kappa shape index (κ3) is 5.39. The van der Waals surface area contributed by atoms with Crippen molar-refractivity contribution in [3.8, 4) is 0 Å². The molecular weight excluding hydrogens is 407 g/mol. The molecule has 0 aromatic heterocycles. The monoisotopic (exact) mass is 426 g/mol. The summed E-state index contributed by atoms with van der Waals surface area (Å²) in [5, 5.41) is 11.3. The molecule has 1 aliphatic heterocycles. The second-order valence-electron chi connectivity index (χ2n) is 6.17. The van der Waals surface area contributed by atoms with Crippen molar-refractivity contribution in [3.63, 3.8) is 0 Å². The average molecular weight is 427 g/mol. The Morgan fingerprint density at radius 2 is 2.00 bits per heavy atom. The minimum atomic E-state index is -1.08. The van der Waals surface area contributed by atoms with Crippen LogP contribution >= 0.6 is 15.9 Å². The molecule has 1 atom stereocenters. The SMILES string of the molecule is CC(NC(=O)C1CCN(C(=O)C=Cc2ccc(F)c(Br)c2)CC1)C(=O)O. The second-order valence-corrected chi connectivity index (χ2v) is 7.03. The first-order chi connectivity index (χ1) is 12.3. The van der Waals surface area contributed by atoms with E-state index in [1.54, 1.807) is 23.1 Å². The van der Waals surface area contributed by atoms with Crippen LogP contribution in [0.1, 0.15) is 25.3 Å². The van der Waals surface area contributed by atoms with Crippen LogP contribution in [0.15, 0.2) is 28.7 Å². The van der Waals surface area contributed by atoms with Gasteiger partial charge in [0, 0.05) is 25.1 Å². The van der Waals surface area contributed by atoms with Crippen LogP contribution in [0.2, 0.25) is 0 Å². The first-order valence-corrected chi connectivity index (χ1v) is 9.02. The molecule has 1 aromatic carbocycles. The van der Waals surface area contributed by atoms with E-state index in [1.165, 1.54) is 19.1 Å². The Kier molecular flexibility index (Phi) is 6.90. The molecule has 26 heavy (non-hydrogen) atoms. The van der Waals surface area contributed by atoms with Gasteiger partial charge < -0.3 is 15.3 Å². The maximum absolute atomic E-state index is 13.2. The molecule has 1 aliphatic rings. The van der Waals surface area contributed by atoms with Crippen molar-refractivity contribution in [2.24, 2.45) is 5.92 Å². The van der Waals surface area contributed by atoms with Gasteiger partial charge in [0.15, 0.2) is 0 Å². The van der Waals surface area contributed by atoms with E-state index in [9.17, 15) is 18.8 Å². The van der Waals surface area contributed by atoms with Gasteiger partial charge in [0.2, 0.25) is 11.8 Å². The Bertz CT molecular complexity index is 730. The highest BCUT2D eigenvalue weighted by molar-refractivity contribution is 9.10. The fraction of sp³-hybridized carbons (Fsp3) is 0.389. The molecule has 1 heterocycles. The average Bonchev–Trinajstić information content (AvgIpc) is 2.62. The van der Waals surface area contributed by atoms with E-state index in [4.69, 9.17) is 5.11 Å². The standard InChI is InChI=1S/C18H20BrFN2O4/c1-11(18(25)26)21-17(24)13-6-8-22(9-7-13)16(23)5-3-12-2-4-15(20)14(19)10-12/h2-5,10-11,13H,6-9H2,1H3,(H,21,24)(H,25,26). The minimum absolute atomic E-state index is 0.178. The Morgan fingerprint density at radius 3 is 2.58 bits per heavy atom. The molecule has 1 fully saturated rings. The first-order valence-electron chi connectivity index (χ1n) is 8.23. The number of aliphatic carboxylic acids is 1. The topological polar surface area (TPSA) is 86.7 Å². The Labute approximate surface area is 159 Å². The molecule has 140 valence electrons. The van der Waals surface area contributed by atoms with E-state index < -0.39 is 12.0 Å². The van der Waals surface area contributed by atoms with Gasteiger partial charge in [-0.05, 0) is 59.5 Å². The lowest BCUT2D eigenvalue weighted by Crippen LogP contribution is -2.46. The molecule has 8 heteroatoms. The van der Waals surface area contributed by atoms with E-state index in [-0.39, 0.29) is 23.5 Å². The molecule has 1 saturated heterocycles. The van der Waals surface area contributed by atoms with Crippen molar-refractivity contribution in [1.29, 1.82) is 0 Å². The lowest BCUT2D eigenvalue weighted by molar-refractivity contribution is -0.142. The number of halogens is 2. The van der Waals surface area contributed by atoms with Crippen molar-refractivity contribution < 1.29 is 23.9 Å². The number of carbonyl (C=O) groups excluding carboxylic acids is 2. The summed E-state index contributed by atoms with van der Waals surface area (Å²) in [4.78, 5) is 36.7. The summed E-state index contributed by atoms with van der Waals surface area (Å²) in [7, 11) is 0. The van der Waals surface area contributed by atoms with E-state index in [0.29, 0.717) is 36.0 Å². The van der Waals surface area contributed by atoms with Crippen LogP contribution in [-0.2, 0) is 14.4 Å². The summed E-state index contributed by atoms with van der Waals surface area (Å²) < 4.78 is 13.5. The third-order valence-electron chi connectivity index (χ3n) is 4.27. The van der Waals surface area contributed by atoms with Gasteiger partial charge in [-0.1, -0.05) is 6.07 Å². The lowest BCUT2D eigenvalue weighted by Gasteiger charge is -2.31. The van der Waals surface area contributed by atoms with Gasteiger partial charge in [-0.25, -0.2) is 4.39 Å². The summed E-state index contributed by atoms with van der Waals surface area (Å²) >= 11 is 3.10. The van der Waals surface area contributed by atoms with Crippen LogP contribution in [-0.4, -0.2) is 46.9 Å². The number of nitrogens with zero attached hydrogens (tertiary/aromatic N) is 1. The number of piperidine rings is 1. The number of carboxylic acid groups (broad SMARTS) is 1. The number of likely N-dealkylation sites (tertiary alicyclic amines) is 1. The van der Waals surface area contributed by atoms with Crippen molar-refractivity contribution >= 4 is 39.8 Å². The minimum Gasteiger partial charge on any atom is -0.480 e. The van der Waals surface area contributed by atoms with Crippen molar-refractivity contribution in [3.05, 3.63) is 40.1 Å². The van der Waals surface area contributed by atoms with Crippen molar-refractivity contribution in [1.82, 2.24) is 10.2 Å². The Hall–Kier alpha value is -2.22. The van der Waals surface area contributed by atoms with Gasteiger partial charge in [0.25, 0.3) is 0 Å². The Balaban J connectivity index is 1.86. The number of carbonyl (C=O) groups is 3. The van der Waals surface area contributed by atoms with Gasteiger partial charge in [-0.15, -0.1) is 0 Å². The van der Waals surface area contributed by atoms with Gasteiger partial charge in [-0.2, -0.15) is 0 Å². The maximum Gasteiger partial charge on any atom is 0.325 e. The lowest BCUT2D eigenvalue weighted by atomic mass is 9.95. The summed E-state index contributed by atoms with van der Waals surface area (Å²) in [6.45, 7) is 2.27. The predicted octanol–water partition coefficient (Wildman–Crippen LogP) is 2.43. The number of nitrogens with one attached hydrogen (secondary N) is 1. The van der Waals surface area contributed by atoms with Gasteiger partial charge in [-0.3, -0.25) is 14.4 Å². The molecule has 0 bridgehead atoms. The number of amides is 2. The number of hydrogen-bond acceptors (Lipinski definition) is 3. The van der Waals surface area contributed by atoms with Gasteiger partial charge in [0.05, 0.1) is 4.47 Å². The zero-order valence-corrected chi connectivity index (χ0v) is 15.8. The van der Waals surface area contributed by atoms with Gasteiger partial charge >= 0.3 is 5.97 Å². The molecule has 0 aliphatic carbocycles. The van der Waals surface area contributed by atoms with Crippen molar-refractivity contribution in [2.75, 3.05) is 13.1 Å². The van der Waals surface area contributed by atoms with Crippen molar-refractivity contribution in [2.45, 2.75) is 25.8 Å². The molecular formula is C18H20BrFN2O4. The molecule has 0 spiro atoms. The maximum atomic E-state index is 13.2. The van der Waals surface area contributed by atoms with Crippen LogP contribution in [0.3, 0.4) is 0 Å². The number of carboxylic acids is 1. The molecule has 1 aromatic rings. The zero-order valence-electron chi connectivity index (χ0n) is 14.2. The number of benzene rings is 1. The number of rotatable bonds is 5. The predicted molar refractivity (Wildman–Crippen MR) is 97.7 cm³/mol. The highest BCUT2D eigenvalue weighted by Gasteiger charge is 2.28. The van der Waals surface area contributed by atoms with Crippen LogP contribution < -0.4 is 5.32 Å². The summed E-state index contributed by atoms with van der Waals surface area (Å²) in [6, 6.07) is 3.54. The summed E-state index contributed by atoms with van der Waals surface area (Å²) in [5.41, 5.74) is 0.698. The normalized spacial score (nSPS) is 16.5. The second kappa shape index (κ2) is 8.93. The Morgan fingerprint density at radius 1 is 1.35 bits per heavy atom. The quantitative estimate of drug-likeness (QED) is 0.707. The smallest absolute Gasteiger partial charge is 0.325 e. The fourth-order valence-electron chi connectivity index (χ4n) is 2.64. The first kappa shape index (κ1) is 20.1. The van der Waals surface area contributed by atoms with Crippen LogP contribution in [0, 0.1) is 11.7 Å². The molecule has 2 amide bonds. The van der Waals surface area contributed by atoms with Gasteiger partial charge in [0.1, 0.15) is 11.9 Å². The largest absolute Gasteiger partial charge is 0.480 e. The molecule has 2 N–H and O–H groups in total. The van der Waals surface area contributed by atoms with E-state index in [0.717, 1.165) is 0 Å².